The molecule has 0 aliphatic rings. The van der Waals surface area contributed by atoms with Crippen LogP contribution in [0.25, 0.3) is 0 Å². The van der Waals surface area contributed by atoms with Gasteiger partial charge in [-0.3, -0.25) is 4.98 Å². The third kappa shape index (κ3) is 3.73. The first-order valence-electron chi connectivity index (χ1n) is 7.08. The van der Waals surface area contributed by atoms with E-state index in [0.29, 0.717) is 12.5 Å². The molecule has 0 bridgehead atoms. The van der Waals surface area contributed by atoms with Crippen molar-refractivity contribution < 1.29 is 4.74 Å². The molecule has 1 aromatic carbocycles. The van der Waals surface area contributed by atoms with E-state index >= 15 is 0 Å². The number of nitrogens with one attached hydrogen (secondary N) is 1. The Kier molecular flexibility index (Phi) is 4.99. The highest BCUT2D eigenvalue weighted by Gasteiger charge is 2.03. The molecule has 0 radical (unpaired) electrons. The molecule has 1 atom stereocenters. The molecule has 1 unspecified atom stereocenters. The lowest BCUT2D eigenvalue weighted by Crippen LogP contribution is -2.00. The van der Waals surface area contributed by atoms with Gasteiger partial charge in [0, 0.05) is 18.9 Å². The van der Waals surface area contributed by atoms with Gasteiger partial charge in [-0.25, -0.2) is 0 Å². The van der Waals surface area contributed by atoms with Crippen LogP contribution in [-0.4, -0.2) is 12.0 Å². The first kappa shape index (κ1) is 14.4. The summed E-state index contributed by atoms with van der Waals surface area (Å²) in [6.45, 7) is 4.93. The van der Waals surface area contributed by atoms with Crippen LogP contribution in [0.15, 0.2) is 42.6 Å². The van der Waals surface area contributed by atoms with E-state index in [4.69, 9.17) is 4.74 Å². The third-order valence-electron chi connectivity index (χ3n) is 3.55. The summed E-state index contributed by atoms with van der Waals surface area (Å²) in [5.41, 5.74) is 3.32. The normalized spacial score (nSPS) is 11.9. The van der Waals surface area contributed by atoms with E-state index in [1.54, 1.807) is 6.20 Å². The summed E-state index contributed by atoms with van der Waals surface area (Å²) in [6, 6.07) is 12.3. The highest BCUT2D eigenvalue weighted by molar-refractivity contribution is 5.42. The zero-order valence-corrected chi connectivity index (χ0v) is 12.4. The molecule has 0 aliphatic heterocycles. The SMILES string of the molecule is CCC(C)c1ccc(OCc2cc(NC)ccn2)cc1. The van der Waals surface area contributed by atoms with Gasteiger partial charge in [-0.2, -0.15) is 0 Å². The lowest BCUT2D eigenvalue weighted by atomic mass is 9.99. The van der Waals surface area contributed by atoms with Crippen LogP contribution in [0, 0.1) is 0 Å². The molecule has 0 spiro atoms. The number of nitrogens with zero attached hydrogens (tertiary/aromatic N) is 1. The second kappa shape index (κ2) is 6.94. The van der Waals surface area contributed by atoms with E-state index in [9.17, 15) is 0 Å². The Bertz CT molecular complexity index is 537. The number of anilines is 1. The van der Waals surface area contributed by atoms with Crippen LogP contribution in [0.2, 0.25) is 0 Å². The van der Waals surface area contributed by atoms with Gasteiger partial charge in [0.2, 0.25) is 0 Å². The topological polar surface area (TPSA) is 34.1 Å². The molecule has 20 heavy (non-hydrogen) atoms. The van der Waals surface area contributed by atoms with Crippen LogP contribution in [0.5, 0.6) is 5.75 Å². The van der Waals surface area contributed by atoms with Crippen molar-refractivity contribution in [3.63, 3.8) is 0 Å². The van der Waals surface area contributed by atoms with Gasteiger partial charge in [-0.1, -0.05) is 26.0 Å². The van der Waals surface area contributed by atoms with Crippen molar-refractivity contribution in [2.45, 2.75) is 32.8 Å². The van der Waals surface area contributed by atoms with Gasteiger partial charge >= 0.3 is 0 Å². The standard InChI is InChI=1S/C17H22N2O/c1-4-13(2)14-5-7-17(8-6-14)20-12-16-11-15(18-3)9-10-19-16/h5-11,13H,4,12H2,1-3H3,(H,18,19). The van der Waals surface area contributed by atoms with E-state index in [0.717, 1.165) is 23.6 Å². The van der Waals surface area contributed by atoms with Crippen molar-refractivity contribution in [3.8, 4) is 5.75 Å². The van der Waals surface area contributed by atoms with Crippen LogP contribution in [0.4, 0.5) is 5.69 Å². The monoisotopic (exact) mass is 270 g/mol. The van der Waals surface area contributed by atoms with Gasteiger partial charge in [0.1, 0.15) is 12.4 Å². The highest BCUT2D eigenvalue weighted by atomic mass is 16.5. The molecule has 106 valence electrons. The lowest BCUT2D eigenvalue weighted by Gasteiger charge is -2.11. The molecule has 1 aromatic heterocycles. The molecule has 1 heterocycles. The van der Waals surface area contributed by atoms with Gasteiger partial charge in [0.05, 0.1) is 5.69 Å². The zero-order valence-electron chi connectivity index (χ0n) is 12.4. The minimum Gasteiger partial charge on any atom is -0.487 e. The predicted molar refractivity (Wildman–Crippen MR) is 83.3 cm³/mol. The minimum absolute atomic E-state index is 0.484. The summed E-state index contributed by atoms with van der Waals surface area (Å²) in [6.07, 6.45) is 2.94. The molecule has 0 saturated carbocycles. The number of benzene rings is 1. The van der Waals surface area contributed by atoms with Gasteiger partial charge in [-0.15, -0.1) is 0 Å². The van der Waals surface area contributed by atoms with Crippen LogP contribution >= 0.6 is 0 Å². The lowest BCUT2D eigenvalue weighted by molar-refractivity contribution is 0.301. The van der Waals surface area contributed by atoms with Gasteiger partial charge < -0.3 is 10.1 Å². The number of pyridine rings is 1. The van der Waals surface area contributed by atoms with E-state index in [2.05, 4.69) is 36.3 Å². The second-order valence-electron chi connectivity index (χ2n) is 4.95. The molecule has 1 N–H and O–H groups in total. The largest absolute Gasteiger partial charge is 0.487 e. The number of ether oxygens (including phenoxy) is 1. The van der Waals surface area contributed by atoms with Gasteiger partial charge in [-0.05, 0) is 42.2 Å². The molecule has 0 saturated heterocycles. The first-order valence-corrected chi connectivity index (χ1v) is 7.08. The zero-order chi connectivity index (χ0) is 14.4. The fourth-order valence-corrected chi connectivity index (χ4v) is 2.00. The summed E-state index contributed by atoms with van der Waals surface area (Å²) in [7, 11) is 1.90. The Morgan fingerprint density at radius 1 is 1.20 bits per heavy atom. The summed E-state index contributed by atoms with van der Waals surface area (Å²) >= 11 is 0. The Labute approximate surface area is 121 Å². The summed E-state index contributed by atoms with van der Waals surface area (Å²) in [4.78, 5) is 4.30. The molecule has 2 rings (SSSR count). The molecular formula is C17H22N2O. The maximum atomic E-state index is 5.77. The fraction of sp³-hybridized carbons (Fsp3) is 0.353. The smallest absolute Gasteiger partial charge is 0.130 e. The number of hydrogen-bond donors (Lipinski definition) is 1. The van der Waals surface area contributed by atoms with E-state index in [1.165, 1.54) is 5.56 Å². The molecule has 0 amide bonds. The summed E-state index contributed by atoms with van der Waals surface area (Å²) in [5.74, 6) is 1.48. The Hall–Kier alpha value is -2.03. The summed E-state index contributed by atoms with van der Waals surface area (Å²) in [5, 5.41) is 3.10. The Balaban J connectivity index is 1.96. The van der Waals surface area contributed by atoms with Gasteiger partial charge in [0.25, 0.3) is 0 Å². The highest BCUT2D eigenvalue weighted by Crippen LogP contribution is 2.22. The Morgan fingerprint density at radius 3 is 2.60 bits per heavy atom. The maximum absolute atomic E-state index is 5.77. The fourth-order valence-electron chi connectivity index (χ4n) is 2.00. The van der Waals surface area contributed by atoms with E-state index in [1.807, 2.05) is 31.3 Å². The van der Waals surface area contributed by atoms with Gasteiger partial charge in [0.15, 0.2) is 0 Å². The molecule has 0 fully saturated rings. The third-order valence-corrected chi connectivity index (χ3v) is 3.55. The average molecular weight is 270 g/mol. The quantitative estimate of drug-likeness (QED) is 0.853. The van der Waals surface area contributed by atoms with Crippen molar-refractivity contribution in [1.82, 2.24) is 4.98 Å². The van der Waals surface area contributed by atoms with Crippen molar-refractivity contribution in [3.05, 3.63) is 53.9 Å². The number of rotatable bonds is 6. The molecular weight excluding hydrogens is 248 g/mol. The first-order chi connectivity index (χ1) is 9.72. The average Bonchev–Trinajstić information content (AvgIpc) is 2.53. The van der Waals surface area contributed by atoms with Crippen LogP contribution < -0.4 is 10.1 Å². The van der Waals surface area contributed by atoms with Crippen molar-refractivity contribution in [1.29, 1.82) is 0 Å². The van der Waals surface area contributed by atoms with Crippen LogP contribution in [-0.2, 0) is 6.61 Å². The van der Waals surface area contributed by atoms with E-state index in [-0.39, 0.29) is 0 Å². The summed E-state index contributed by atoms with van der Waals surface area (Å²) < 4.78 is 5.77. The van der Waals surface area contributed by atoms with Crippen molar-refractivity contribution in [2.24, 2.45) is 0 Å². The minimum atomic E-state index is 0.484. The number of aromatic nitrogens is 1. The molecule has 3 heteroatoms. The van der Waals surface area contributed by atoms with Crippen LogP contribution in [0.1, 0.15) is 37.4 Å². The molecule has 0 aliphatic carbocycles. The maximum Gasteiger partial charge on any atom is 0.130 e. The molecule has 3 nitrogen and oxygen atoms in total. The van der Waals surface area contributed by atoms with E-state index < -0.39 is 0 Å². The number of hydrogen-bond acceptors (Lipinski definition) is 3. The Morgan fingerprint density at radius 2 is 1.95 bits per heavy atom. The predicted octanol–water partition coefficient (Wildman–Crippen LogP) is 4.22. The molecule has 2 aromatic rings. The van der Waals surface area contributed by atoms with Crippen LogP contribution in [0.3, 0.4) is 0 Å². The van der Waals surface area contributed by atoms with Crippen molar-refractivity contribution >= 4 is 5.69 Å². The second-order valence-corrected chi connectivity index (χ2v) is 4.95. The van der Waals surface area contributed by atoms with Crippen molar-refractivity contribution in [2.75, 3.05) is 12.4 Å².